The average molecular weight is 372 g/mol. The Kier molecular flexibility index (Phi) is 6.45. The Bertz CT molecular complexity index is 695. The summed E-state index contributed by atoms with van der Waals surface area (Å²) >= 11 is 13.4. The van der Waals surface area contributed by atoms with Gasteiger partial charge in [-0.2, -0.15) is 0 Å². The third kappa shape index (κ3) is 5.23. The molecule has 0 unspecified atom stereocenters. The molecule has 2 rings (SSSR count). The Labute approximate surface area is 148 Å². The van der Waals surface area contributed by atoms with Crippen LogP contribution in [0.1, 0.15) is 21.5 Å². The van der Waals surface area contributed by atoms with Crippen molar-refractivity contribution in [3.05, 3.63) is 50.1 Å². The molecule has 0 aliphatic carbocycles. The van der Waals surface area contributed by atoms with Crippen molar-refractivity contribution >= 4 is 46.2 Å². The maximum Gasteiger partial charge on any atom is 0.216 e. The SMILES string of the molecule is CC(=O)NCCc1ccc(C(=O)COc2c(Cl)cccc2Cl)s1. The van der Waals surface area contributed by atoms with Gasteiger partial charge in [0.1, 0.15) is 0 Å². The Morgan fingerprint density at radius 3 is 2.52 bits per heavy atom. The fourth-order valence-corrected chi connectivity index (χ4v) is 3.29. The van der Waals surface area contributed by atoms with Gasteiger partial charge >= 0.3 is 0 Å². The van der Waals surface area contributed by atoms with Gasteiger partial charge in [-0.25, -0.2) is 0 Å². The van der Waals surface area contributed by atoms with Gasteiger partial charge < -0.3 is 10.1 Å². The van der Waals surface area contributed by atoms with E-state index in [2.05, 4.69) is 5.32 Å². The van der Waals surface area contributed by atoms with Crippen LogP contribution >= 0.6 is 34.5 Å². The number of hydrogen-bond acceptors (Lipinski definition) is 4. The van der Waals surface area contributed by atoms with Crippen LogP contribution in [0, 0.1) is 0 Å². The summed E-state index contributed by atoms with van der Waals surface area (Å²) in [5.74, 6) is 0.103. The number of rotatable bonds is 7. The summed E-state index contributed by atoms with van der Waals surface area (Å²) in [4.78, 5) is 24.6. The van der Waals surface area contributed by atoms with Crippen molar-refractivity contribution in [3.63, 3.8) is 0 Å². The highest BCUT2D eigenvalue weighted by atomic mass is 35.5. The zero-order valence-corrected chi connectivity index (χ0v) is 14.7. The minimum absolute atomic E-state index is 0.0668. The number of para-hydroxylation sites is 1. The molecular weight excluding hydrogens is 357 g/mol. The summed E-state index contributed by atoms with van der Waals surface area (Å²) in [6, 6.07) is 8.65. The predicted molar refractivity (Wildman–Crippen MR) is 93.0 cm³/mol. The molecule has 1 heterocycles. The van der Waals surface area contributed by atoms with Crippen molar-refractivity contribution in [2.24, 2.45) is 0 Å². The molecule has 4 nitrogen and oxygen atoms in total. The van der Waals surface area contributed by atoms with Gasteiger partial charge in [0, 0.05) is 18.3 Å². The maximum absolute atomic E-state index is 12.2. The Balaban J connectivity index is 1.91. The molecule has 122 valence electrons. The molecule has 1 amide bonds. The largest absolute Gasteiger partial charge is 0.482 e. The lowest BCUT2D eigenvalue weighted by Gasteiger charge is -2.08. The Hall–Kier alpha value is -1.56. The van der Waals surface area contributed by atoms with E-state index >= 15 is 0 Å². The molecule has 0 aliphatic heterocycles. The summed E-state index contributed by atoms with van der Waals surface area (Å²) in [6.45, 7) is 1.89. The van der Waals surface area contributed by atoms with Crippen LogP contribution in [-0.2, 0) is 11.2 Å². The molecule has 0 bridgehead atoms. The van der Waals surface area contributed by atoms with Crippen LogP contribution in [0.25, 0.3) is 0 Å². The highest BCUT2D eigenvalue weighted by molar-refractivity contribution is 7.14. The molecule has 0 radical (unpaired) electrons. The lowest BCUT2D eigenvalue weighted by atomic mass is 10.3. The van der Waals surface area contributed by atoms with E-state index in [4.69, 9.17) is 27.9 Å². The molecule has 0 saturated heterocycles. The quantitative estimate of drug-likeness (QED) is 0.748. The number of carbonyl (C=O) groups excluding carboxylic acids is 2. The second-order valence-corrected chi connectivity index (χ2v) is 6.74. The van der Waals surface area contributed by atoms with E-state index in [0.717, 1.165) is 4.88 Å². The van der Waals surface area contributed by atoms with Gasteiger partial charge in [-0.1, -0.05) is 29.3 Å². The van der Waals surface area contributed by atoms with Crippen LogP contribution in [0.5, 0.6) is 5.75 Å². The Morgan fingerprint density at radius 2 is 1.87 bits per heavy atom. The standard InChI is InChI=1S/C16H15Cl2NO3S/c1-10(20)19-8-7-11-5-6-15(23-11)14(21)9-22-16-12(17)3-2-4-13(16)18/h2-6H,7-9H2,1H3,(H,19,20). The molecule has 2 aromatic rings. The van der Waals surface area contributed by atoms with Gasteiger partial charge in [-0.15, -0.1) is 11.3 Å². The molecular formula is C16H15Cl2NO3S. The van der Waals surface area contributed by atoms with Crippen molar-refractivity contribution in [2.45, 2.75) is 13.3 Å². The minimum Gasteiger partial charge on any atom is -0.482 e. The van der Waals surface area contributed by atoms with Crippen molar-refractivity contribution in [1.29, 1.82) is 0 Å². The number of halogens is 2. The molecule has 1 aromatic heterocycles. The lowest BCUT2D eigenvalue weighted by Crippen LogP contribution is -2.22. The van der Waals surface area contributed by atoms with E-state index in [1.807, 2.05) is 6.07 Å². The normalized spacial score (nSPS) is 10.4. The third-order valence-corrected chi connectivity index (χ3v) is 4.73. The van der Waals surface area contributed by atoms with Gasteiger partial charge in [0.2, 0.25) is 11.7 Å². The summed E-state index contributed by atoms with van der Waals surface area (Å²) in [6.07, 6.45) is 0.689. The molecule has 1 N–H and O–H groups in total. The van der Waals surface area contributed by atoms with E-state index in [-0.39, 0.29) is 18.3 Å². The number of ketones is 1. The van der Waals surface area contributed by atoms with Gasteiger partial charge in [0.25, 0.3) is 0 Å². The van der Waals surface area contributed by atoms with Crippen molar-refractivity contribution < 1.29 is 14.3 Å². The highest BCUT2D eigenvalue weighted by Crippen LogP contribution is 2.32. The number of Topliss-reactive ketones (excluding diaryl/α,β-unsaturated/α-hetero) is 1. The lowest BCUT2D eigenvalue weighted by molar-refractivity contribution is -0.118. The van der Waals surface area contributed by atoms with Crippen LogP contribution < -0.4 is 10.1 Å². The van der Waals surface area contributed by atoms with Crippen molar-refractivity contribution in [2.75, 3.05) is 13.2 Å². The number of hydrogen-bond donors (Lipinski definition) is 1. The van der Waals surface area contributed by atoms with Gasteiger partial charge in [0.05, 0.1) is 14.9 Å². The topological polar surface area (TPSA) is 55.4 Å². The number of thiophene rings is 1. The molecule has 23 heavy (non-hydrogen) atoms. The minimum atomic E-state index is -0.142. The first kappa shape index (κ1) is 17.8. The number of ether oxygens (including phenoxy) is 1. The van der Waals surface area contributed by atoms with Gasteiger partial charge in [0.15, 0.2) is 12.4 Å². The Morgan fingerprint density at radius 1 is 1.17 bits per heavy atom. The number of carbonyl (C=O) groups is 2. The molecule has 0 atom stereocenters. The maximum atomic E-state index is 12.2. The molecule has 0 spiro atoms. The summed E-state index contributed by atoms with van der Waals surface area (Å²) < 4.78 is 5.44. The van der Waals surface area contributed by atoms with Crippen molar-refractivity contribution in [1.82, 2.24) is 5.32 Å². The molecule has 0 saturated carbocycles. The number of benzene rings is 1. The average Bonchev–Trinajstić information content (AvgIpc) is 2.95. The van der Waals surface area contributed by atoms with Crippen LogP contribution in [0.2, 0.25) is 10.0 Å². The molecule has 7 heteroatoms. The van der Waals surface area contributed by atoms with E-state index in [0.29, 0.717) is 33.6 Å². The number of nitrogens with one attached hydrogen (secondary N) is 1. The second-order valence-electron chi connectivity index (χ2n) is 4.76. The summed E-state index contributed by atoms with van der Waals surface area (Å²) in [5.41, 5.74) is 0. The first-order valence-electron chi connectivity index (χ1n) is 6.90. The highest BCUT2D eigenvalue weighted by Gasteiger charge is 2.13. The van der Waals surface area contributed by atoms with Crippen LogP contribution in [0.15, 0.2) is 30.3 Å². The van der Waals surface area contributed by atoms with Crippen LogP contribution in [0.3, 0.4) is 0 Å². The van der Waals surface area contributed by atoms with Gasteiger partial charge in [-0.3, -0.25) is 9.59 Å². The smallest absolute Gasteiger partial charge is 0.216 e. The van der Waals surface area contributed by atoms with Crippen LogP contribution in [0.4, 0.5) is 0 Å². The summed E-state index contributed by atoms with van der Waals surface area (Å²) in [7, 11) is 0. The van der Waals surface area contributed by atoms with E-state index < -0.39 is 0 Å². The first-order valence-corrected chi connectivity index (χ1v) is 8.48. The summed E-state index contributed by atoms with van der Waals surface area (Å²) in [5, 5.41) is 3.46. The van der Waals surface area contributed by atoms with E-state index in [1.165, 1.54) is 18.3 Å². The zero-order valence-electron chi connectivity index (χ0n) is 12.4. The van der Waals surface area contributed by atoms with Crippen LogP contribution in [-0.4, -0.2) is 24.8 Å². The van der Waals surface area contributed by atoms with Crippen molar-refractivity contribution in [3.8, 4) is 5.75 Å². The number of amides is 1. The molecule has 0 aliphatic rings. The molecule has 0 fully saturated rings. The predicted octanol–water partition coefficient (Wildman–Crippen LogP) is 4.00. The first-order chi connectivity index (χ1) is 11.0. The zero-order chi connectivity index (χ0) is 16.8. The van der Waals surface area contributed by atoms with E-state index in [1.54, 1.807) is 24.3 Å². The monoisotopic (exact) mass is 371 g/mol. The molecule has 1 aromatic carbocycles. The van der Waals surface area contributed by atoms with E-state index in [9.17, 15) is 9.59 Å². The fourth-order valence-electron chi connectivity index (χ4n) is 1.85. The fraction of sp³-hybridized carbons (Fsp3) is 0.250. The third-order valence-electron chi connectivity index (χ3n) is 2.95. The van der Waals surface area contributed by atoms with Gasteiger partial charge in [-0.05, 0) is 30.7 Å². The second kappa shape index (κ2) is 8.34.